The van der Waals surface area contributed by atoms with Gasteiger partial charge in [0.25, 0.3) is 0 Å². The summed E-state index contributed by atoms with van der Waals surface area (Å²) in [5, 5.41) is 0. The number of hydrogen-bond acceptors (Lipinski definition) is 1. The van der Waals surface area contributed by atoms with Crippen molar-refractivity contribution in [1.29, 1.82) is 0 Å². The lowest BCUT2D eigenvalue weighted by Crippen LogP contribution is -2.19. The third kappa shape index (κ3) is 2.42. The van der Waals surface area contributed by atoms with Crippen LogP contribution in [-0.2, 0) is 6.42 Å². The molecule has 0 aliphatic heterocycles. The van der Waals surface area contributed by atoms with Crippen molar-refractivity contribution in [3.63, 3.8) is 0 Å². The van der Waals surface area contributed by atoms with Crippen LogP contribution in [0.1, 0.15) is 40.2 Å². The first-order valence-corrected chi connectivity index (χ1v) is 7.53. The lowest BCUT2D eigenvalue weighted by Gasteiger charge is -2.24. The van der Waals surface area contributed by atoms with Crippen LogP contribution in [0.25, 0.3) is 0 Å². The lowest BCUT2D eigenvalue weighted by molar-refractivity contribution is 0.0949. The van der Waals surface area contributed by atoms with Crippen LogP contribution in [-0.4, -0.2) is 5.78 Å². The molecule has 1 nitrogen and oxygen atoms in total. The fourth-order valence-corrected chi connectivity index (χ4v) is 3.34. The molecule has 0 amide bonds. The van der Waals surface area contributed by atoms with Crippen molar-refractivity contribution in [2.24, 2.45) is 0 Å². The molecule has 3 rings (SSSR count). The molecular formula is C17H14BrFO. The monoisotopic (exact) mass is 332 g/mol. The third-order valence-electron chi connectivity index (χ3n) is 3.88. The molecule has 0 saturated carbocycles. The van der Waals surface area contributed by atoms with Crippen LogP contribution in [0.5, 0.6) is 0 Å². The molecule has 0 N–H and O–H groups in total. The molecule has 102 valence electrons. The number of carbonyl (C=O) groups is 1. The van der Waals surface area contributed by atoms with Gasteiger partial charge in [-0.1, -0.05) is 40.2 Å². The van der Waals surface area contributed by atoms with Gasteiger partial charge in [-0.2, -0.15) is 0 Å². The van der Waals surface area contributed by atoms with E-state index in [0.717, 1.165) is 24.8 Å². The van der Waals surface area contributed by atoms with Crippen LogP contribution in [0.3, 0.4) is 0 Å². The summed E-state index contributed by atoms with van der Waals surface area (Å²) < 4.78 is 14.1. The Bertz CT molecular complexity index is 666. The van der Waals surface area contributed by atoms with E-state index >= 15 is 0 Å². The molecular weight excluding hydrogens is 319 g/mol. The molecule has 0 saturated heterocycles. The molecule has 0 aromatic heterocycles. The minimum Gasteiger partial charge on any atom is -0.293 e. The van der Waals surface area contributed by atoms with Gasteiger partial charge in [-0.25, -0.2) is 4.39 Å². The molecule has 0 bridgehead atoms. The average molecular weight is 333 g/mol. The van der Waals surface area contributed by atoms with Gasteiger partial charge in [0, 0.05) is 16.0 Å². The standard InChI is InChI=1S/C17H14BrFO/c18-16-9-8-12(19)10-15(16)17(20)14-7-3-5-11-4-1-2-6-13(11)14/h1-2,4,6,8-10,14H,3,5,7H2. The van der Waals surface area contributed by atoms with E-state index in [4.69, 9.17) is 0 Å². The zero-order valence-electron chi connectivity index (χ0n) is 10.9. The molecule has 0 heterocycles. The summed E-state index contributed by atoms with van der Waals surface area (Å²) >= 11 is 3.35. The topological polar surface area (TPSA) is 17.1 Å². The van der Waals surface area contributed by atoms with E-state index in [1.165, 1.54) is 17.7 Å². The van der Waals surface area contributed by atoms with Crippen LogP contribution < -0.4 is 0 Å². The highest BCUT2D eigenvalue weighted by atomic mass is 79.9. The number of carbonyl (C=O) groups excluding carboxylic acids is 1. The molecule has 2 aromatic carbocycles. The van der Waals surface area contributed by atoms with E-state index in [0.29, 0.717) is 10.0 Å². The Morgan fingerprint density at radius 3 is 2.85 bits per heavy atom. The van der Waals surface area contributed by atoms with Gasteiger partial charge in [0.1, 0.15) is 5.82 Å². The van der Waals surface area contributed by atoms with Crippen molar-refractivity contribution in [2.45, 2.75) is 25.2 Å². The Morgan fingerprint density at radius 2 is 2.00 bits per heavy atom. The molecule has 0 radical (unpaired) electrons. The quantitative estimate of drug-likeness (QED) is 0.715. The van der Waals surface area contributed by atoms with E-state index in [-0.39, 0.29) is 17.5 Å². The second-order valence-electron chi connectivity index (χ2n) is 5.13. The summed E-state index contributed by atoms with van der Waals surface area (Å²) in [7, 11) is 0. The van der Waals surface area contributed by atoms with Gasteiger partial charge < -0.3 is 0 Å². The number of benzene rings is 2. The fourth-order valence-electron chi connectivity index (χ4n) is 2.90. The summed E-state index contributed by atoms with van der Waals surface area (Å²) in [4.78, 5) is 12.7. The van der Waals surface area contributed by atoms with Crippen LogP contribution in [0, 0.1) is 5.82 Å². The Labute approximate surface area is 126 Å². The van der Waals surface area contributed by atoms with Crippen LogP contribution in [0.4, 0.5) is 4.39 Å². The number of fused-ring (bicyclic) bond motifs is 1. The second kappa shape index (κ2) is 5.49. The summed E-state index contributed by atoms with van der Waals surface area (Å²) in [5.41, 5.74) is 2.77. The number of ketones is 1. The molecule has 1 aliphatic rings. The molecule has 2 aromatic rings. The molecule has 1 unspecified atom stereocenters. The van der Waals surface area contributed by atoms with Crippen molar-refractivity contribution in [2.75, 3.05) is 0 Å². The SMILES string of the molecule is O=C(c1cc(F)ccc1Br)C1CCCc2ccccc21. The Morgan fingerprint density at radius 1 is 1.20 bits per heavy atom. The third-order valence-corrected chi connectivity index (χ3v) is 4.57. The molecule has 0 spiro atoms. The Kier molecular flexibility index (Phi) is 3.70. The first-order valence-electron chi connectivity index (χ1n) is 6.74. The van der Waals surface area contributed by atoms with E-state index < -0.39 is 0 Å². The molecule has 20 heavy (non-hydrogen) atoms. The van der Waals surface area contributed by atoms with Crippen molar-refractivity contribution >= 4 is 21.7 Å². The highest BCUT2D eigenvalue weighted by Gasteiger charge is 2.28. The first-order chi connectivity index (χ1) is 9.66. The second-order valence-corrected chi connectivity index (χ2v) is 5.99. The fraction of sp³-hybridized carbons (Fsp3) is 0.235. The predicted octanol–water partition coefficient (Wildman–Crippen LogP) is 4.89. The van der Waals surface area contributed by atoms with E-state index in [1.54, 1.807) is 6.07 Å². The van der Waals surface area contributed by atoms with Gasteiger partial charge in [0.15, 0.2) is 5.78 Å². The maximum atomic E-state index is 13.4. The largest absolute Gasteiger partial charge is 0.293 e. The van der Waals surface area contributed by atoms with Crippen molar-refractivity contribution in [3.05, 3.63) is 69.4 Å². The van der Waals surface area contributed by atoms with Crippen molar-refractivity contribution < 1.29 is 9.18 Å². The molecule has 0 fully saturated rings. The maximum Gasteiger partial charge on any atom is 0.171 e. The van der Waals surface area contributed by atoms with Gasteiger partial charge in [0.05, 0.1) is 0 Å². The number of aryl methyl sites for hydroxylation is 1. The highest BCUT2D eigenvalue weighted by molar-refractivity contribution is 9.10. The smallest absolute Gasteiger partial charge is 0.171 e. The Balaban J connectivity index is 2.02. The average Bonchev–Trinajstić information content (AvgIpc) is 2.48. The predicted molar refractivity (Wildman–Crippen MR) is 80.6 cm³/mol. The van der Waals surface area contributed by atoms with Gasteiger partial charge in [-0.05, 0) is 48.6 Å². The van der Waals surface area contributed by atoms with E-state index in [9.17, 15) is 9.18 Å². The van der Waals surface area contributed by atoms with Gasteiger partial charge in [-0.15, -0.1) is 0 Å². The van der Waals surface area contributed by atoms with Crippen LogP contribution in [0.2, 0.25) is 0 Å². The number of halogens is 2. The van der Waals surface area contributed by atoms with Crippen molar-refractivity contribution in [3.8, 4) is 0 Å². The lowest BCUT2D eigenvalue weighted by atomic mass is 9.79. The zero-order chi connectivity index (χ0) is 14.1. The minimum atomic E-state index is -0.374. The van der Waals surface area contributed by atoms with Gasteiger partial charge in [-0.3, -0.25) is 4.79 Å². The van der Waals surface area contributed by atoms with Crippen LogP contribution >= 0.6 is 15.9 Å². The highest BCUT2D eigenvalue weighted by Crippen LogP contribution is 2.35. The number of rotatable bonds is 2. The normalized spacial score (nSPS) is 17.6. The maximum absolute atomic E-state index is 13.4. The summed E-state index contributed by atoms with van der Waals surface area (Å²) in [5.74, 6) is -0.526. The van der Waals surface area contributed by atoms with Gasteiger partial charge >= 0.3 is 0 Å². The number of hydrogen-bond donors (Lipinski definition) is 0. The van der Waals surface area contributed by atoms with E-state index in [2.05, 4.69) is 22.0 Å². The Hall–Kier alpha value is -1.48. The van der Waals surface area contributed by atoms with Gasteiger partial charge in [0.2, 0.25) is 0 Å². The van der Waals surface area contributed by atoms with E-state index in [1.807, 2.05) is 18.2 Å². The van der Waals surface area contributed by atoms with Crippen molar-refractivity contribution in [1.82, 2.24) is 0 Å². The summed E-state index contributed by atoms with van der Waals surface area (Å²) in [6.45, 7) is 0. The number of Topliss-reactive ketones (excluding diaryl/α,β-unsaturated/α-hetero) is 1. The summed E-state index contributed by atoms with van der Waals surface area (Å²) in [6.07, 6.45) is 2.85. The summed E-state index contributed by atoms with van der Waals surface area (Å²) in [6, 6.07) is 12.3. The minimum absolute atomic E-state index is 0.00326. The molecule has 1 aliphatic carbocycles. The van der Waals surface area contributed by atoms with Crippen LogP contribution in [0.15, 0.2) is 46.9 Å². The molecule has 3 heteroatoms. The zero-order valence-corrected chi connectivity index (χ0v) is 12.5. The first kappa shape index (κ1) is 13.5. The molecule has 1 atom stereocenters.